The summed E-state index contributed by atoms with van der Waals surface area (Å²) in [5, 5.41) is 0. The van der Waals surface area contributed by atoms with E-state index < -0.39 is 0 Å². The van der Waals surface area contributed by atoms with Gasteiger partial charge in [0.2, 0.25) is 0 Å². The molecule has 0 N–H and O–H groups in total. The van der Waals surface area contributed by atoms with Crippen molar-refractivity contribution < 1.29 is 0 Å². The van der Waals surface area contributed by atoms with Gasteiger partial charge in [-0.2, -0.15) is 0 Å². The van der Waals surface area contributed by atoms with E-state index in [4.69, 9.17) is 0 Å². The van der Waals surface area contributed by atoms with Gasteiger partial charge >= 0.3 is 0 Å². The van der Waals surface area contributed by atoms with Gasteiger partial charge < -0.3 is 4.90 Å². The minimum atomic E-state index is 0.920. The van der Waals surface area contributed by atoms with Crippen molar-refractivity contribution in [2.24, 2.45) is 5.92 Å². The zero-order valence-electron chi connectivity index (χ0n) is 9.36. The molecule has 1 saturated heterocycles. The van der Waals surface area contributed by atoms with Crippen LogP contribution in [0.1, 0.15) is 24.8 Å². The molecule has 1 aliphatic heterocycles. The van der Waals surface area contributed by atoms with Gasteiger partial charge in [-0.3, -0.25) is 0 Å². The average molecular weight is 202 g/mol. The first-order chi connectivity index (χ1) is 7.34. The summed E-state index contributed by atoms with van der Waals surface area (Å²) in [6.07, 6.45) is 5.24. The van der Waals surface area contributed by atoms with Crippen molar-refractivity contribution in [1.29, 1.82) is 0 Å². The summed E-state index contributed by atoms with van der Waals surface area (Å²) in [4.78, 5) is 2.19. The molecule has 15 heavy (non-hydrogen) atoms. The van der Waals surface area contributed by atoms with Crippen molar-refractivity contribution in [2.75, 3.05) is 13.1 Å². The molecule has 0 aliphatic carbocycles. The largest absolute Gasteiger partial charge is 0.302 e. The first-order valence-electron chi connectivity index (χ1n) is 5.94. The number of benzene rings is 1. The molecule has 0 saturated carbocycles. The molecule has 0 unspecified atom stereocenters. The Morgan fingerprint density at radius 2 is 1.80 bits per heavy atom. The number of hydrogen-bond acceptors (Lipinski definition) is 1. The fourth-order valence-corrected chi connectivity index (χ4v) is 2.29. The fraction of sp³-hybridized carbons (Fsp3) is 0.500. The van der Waals surface area contributed by atoms with Crippen molar-refractivity contribution >= 4 is 0 Å². The molecular formula is C14H20N. The Morgan fingerprint density at radius 3 is 2.47 bits per heavy atom. The number of hydrogen-bond donors (Lipinski definition) is 0. The lowest BCUT2D eigenvalue weighted by molar-refractivity contribution is 0.231. The Labute approximate surface area is 93.1 Å². The first kappa shape index (κ1) is 10.7. The summed E-state index contributed by atoms with van der Waals surface area (Å²) >= 11 is 0. The normalized spacial score (nSPS) is 19.3. The van der Waals surface area contributed by atoms with E-state index in [1.54, 1.807) is 0 Å². The van der Waals surface area contributed by atoms with Gasteiger partial charge in [-0.05, 0) is 50.3 Å². The maximum Gasteiger partial charge on any atom is 0.0109 e. The molecule has 0 atom stereocenters. The number of rotatable bonds is 3. The lowest BCUT2D eigenvalue weighted by atomic mass is 9.91. The van der Waals surface area contributed by atoms with Crippen LogP contribution in [-0.4, -0.2) is 18.0 Å². The Morgan fingerprint density at radius 1 is 1.13 bits per heavy atom. The lowest BCUT2D eigenvalue weighted by Gasteiger charge is -2.28. The van der Waals surface area contributed by atoms with Crippen LogP contribution in [0.3, 0.4) is 0 Å². The Hall–Kier alpha value is -0.820. The number of nitrogens with zero attached hydrogens (tertiary/aromatic N) is 1. The van der Waals surface area contributed by atoms with E-state index >= 15 is 0 Å². The summed E-state index contributed by atoms with van der Waals surface area (Å²) in [5.74, 6) is 0.920. The third-order valence-corrected chi connectivity index (χ3v) is 3.39. The van der Waals surface area contributed by atoms with Gasteiger partial charge in [-0.15, -0.1) is 0 Å². The Bertz CT molecular complexity index is 273. The van der Waals surface area contributed by atoms with E-state index in [1.807, 2.05) is 0 Å². The molecule has 1 fully saturated rings. The summed E-state index contributed by atoms with van der Waals surface area (Å²) in [7, 11) is 3.98. The molecule has 1 aromatic rings. The highest BCUT2D eigenvalue weighted by Gasteiger charge is 2.15. The van der Waals surface area contributed by atoms with Gasteiger partial charge in [0.25, 0.3) is 0 Å². The molecule has 2 rings (SSSR count). The molecule has 1 heterocycles. The van der Waals surface area contributed by atoms with Crippen LogP contribution in [0.15, 0.2) is 30.3 Å². The van der Waals surface area contributed by atoms with Crippen LogP contribution >= 0.6 is 0 Å². The predicted molar refractivity (Wildman–Crippen MR) is 64.4 cm³/mol. The van der Waals surface area contributed by atoms with Crippen molar-refractivity contribution in [1.82, 2.24) is 4.90 Å². The highest BCUT2D eigenvalue weighted by molar-refractivity contribution is 5.14. The topological polar surface area (TPSA) is 3.24 Å². The lowest BCUT2D eigenvalue weighted by Crippen LogP contribution is -2.28. The minimum absolute atomic E-state index is 0.920. The van der Waals surface area contributed by atoms with Gasteiger partial charge in [-0.25, -0.2) is 0 Å². The van der Waals surface area contributed by atoms with Crippen LogP contribution in [0.5, 0.6) is 0 Å². The predicted octanol–water partition coefficient (Wildman–Crippen LogP) is 3.12. The molecule has 0 spiro atoms. The SMILES string of the molecule is [CH2]N1CCC(CCc2ccccc2)CC1. The molecule has 1 heteroatoms. The number of piperidine rings is 1. The molecular weight excluding hydrogens is 182 g/mol. The van der Waals surface area contributed by atoms with Crippen molar-refractivity contribution in [2.45, 2.75) is 25.7 Å². The van der Waals surface area contributed by atoms with E-state index in [1.165, 1.54) is 44.3 Å². The van der Waals surface area contributed by atoms with Crippen molar-refractivity contribution in [3.63, 3.8) is 0 Å². The summed E-state index contributed by atoms with van der Waals surface area (Å²) < 4.78 is 0. The van der Waals surface area contributed by atoms with Gasteiger partial charge in [-0.1, -0.05) is 30.3 Å². The first-order valence-corrected chi connectivity index (χ1v) is 5.94. The smallest absolute Gasteiger partial charge is 0.0109 e. The molecule has 0 bridgehead atoms. The van der Waals surface area contributed by atoms with Crippen molar-refractivity contribution in [3.05, 3.63) is 42.9 Å². The monoisotopic (exact) mass is 202 g/mol. The third kappa shape index (κ3) is 3.35. The molecule has 1 radical (unpaired) electrons. The second kappa shape index (κ2) is 5.32. The number of likely N-dealkylation sites (tertiary alicyclic amines) is 1. The fourth-order valence-electron chi connectivity index (χ4n) is 2.29. The zero-order chi connectivity index (χ0) is 10.5. The second-order valence-corrected chi connectivity index (χ2v) is 4.59. The van der Waals surface area contributed by atoms with Crippen LogP contribution in [-0.2, 0) is 6.42 Å². The number of aryl methyl sites for hydroxylation is 1. The van der Waals surface area contributed by atoms with Gasteiger partial charge in [0.15, 0.2) is 0 Å². The molecule has 1 aliphatic rings. The highest BCUT2D eigenvalue weighted by Crippen LogP contribution is 2.21. The summed E-state index contributed by atoms with van der Waals surface area (Å²) in [6, 6.07) is 10.8. The van der Waals surface area contributed by atoms with E-state index in [2.05, 4.69) is 42.3 Å². The molecule has 81 valence electrons. The second-order valence-electron chi connectivity index (χ2n) is 4.59. The van der Waals surface area contributed by atoms with E-state index in [0.29, 0.717) is 0 Å². The maximum atomic E-state index is 3.98. The zero-order valence-corrected chi connectivity index (χ0v) is 9.36. The standard InChI is InChI=1S/C14H20N/c1-15-11-9-14(10-12-15)8-7-13-5-3-2-4-6-13/h2-6,14H,1,7-12H2. The van der Waals surface area contributed by atoms with Gasteiger partial charge in [0.1, 0.15) is 0 Å². The van der Waals surface area contributed by atoms with Gasteiger partial charge in [0, 0.05) is 7.05 Å². The van der Waals surface area contributed by atoms with E-state index in [0.717, 1.165) is 5.92 Å². The average Bonchev–Trinajstić information content (AvgIpc) is 2.30. The molecule has 0 amide bonds. The summed E-state index contributed by atoms with van der Waals surface area (Å²) in [5.41, 5.74) is 1.48. The van der Waals surface area contributed by atoms with Crippen LogP contribution in [0.25, 0.3) is 0 Å². The highest BCUT2D eigenvalue weighted by atomic mass is 15.1. The Balaban J connectivity index is 1.74. The molecule has 0 aromatic heterocycles. The van der Waals surface area contributed by atoms with Crippen molar-refractivity contribution in [3.8, 4) is 0 Å². The van der Waals surface area contributed by atoms with Crippen LogP contribution < -0.4 is 0 Å². The minimum Gasteiger partial charge on any atom is -0.302 e. The van der Waals surface area contributed by atoms with Crippen LogP contribution in [0.4, 0.5) is 0 Å². The molecule has 1 aromatic carbocycles. The van der Waals surface area contributed by atoms with Crippen LogP contribution in [0.2, 0.25) is 0 Å². The molecule has 1 nitrogen and oxygen atoms in total. The van der Waals surface area contributed by atoms with Gasteiger partial charge in [0.05, 0.1) is 0 Å². The van der Waals surface area contributed by atoms with E-state index in [9.17, 15) is 0 Å². The maximum absolute atomic E-state index is 3.98. The van der Waals surface area contributed by atoms with Crippen LogP contribution in [0, 0.1) is 13.0 Å². The van der Waals surface area contributed by atoms with E-state index in [-0.39, 0.29) is 0 Å². The third-order valence-electron chi connectivity index (χ3n) is 3.39. The quantitative estimate of drug-likeness (QED) is 0.728. The summed E-state index contributed by atoms with van der Waals surface area (Å²) in [6.45, 7) is 2.36. The Kier molecular flexibility index (Phi) is 3.79.